The first kappa shape index (κ1) is 17.4. The van der Waals surface area contributed by atoms with Gasteiger partial charge in [-0.05, 0) is 23.6 Å². The molecule has 0 radical (unpaired) electrons. The van der Waals surface area contributed by atoms with Gasteiger partial charge in [-0.2, -0.15) is 0 Å². The molecule has 0 aliphatic rings. The van der Waals surface area contributed by atoms with Crippen LogP contribution in [-0.2, 0) is 16.1 Å². The van der Waals surface area contributed by atoms with Gasteiger partial charge in [0.1, 0.15) is 5.82 Å². The SMILES string of the molecule is COC(=O)CCN(Cc1ccnc(N(C)C)c1)CC(C)C. The zero-order valence-corrected chi connectivity index (χ0v) is 13.8. The number of hydrogen-bond acceptors (Lipinski definition) is 5. The van der Waals surface area contributed by atoms with Crippen molar-refractivity contribution < 1.29 is 9.53 Å². The third-order valence-corrected chi connectivity index (χ3v) is 3.16. The van der Waals surface area contributed by atoms with E-state index in [2.05, 4.69) is 29.8 Å². The molecule has 0 aliphatic carbocycles. The van der Waals surface area contributed by atoms with Crippen LogP contribution < -0.4 is 4.90 Å². The number of anilines is 1. The summed E-state index contributed by atoms with van der Waals surface area (Å²) in [5.74, 6) is 1.34. The summed E-state index contributed by atoms with van der Waals surface area (Å²) in [6.45, 7) is 6.85. The van der Waals surface area contributed by atoms with Crippen molar-refractivity contribution in [3.63, 3.8) is 0 Å². The van der Waals surface area contributed by atoms with Crippen LogP contribution in [0.25, 0.3) is 0 Å². The Kier molecular flexibility index (Phi) is 7.15. The monoisotopic (exact) mass is 293 g/mol. The van der Waals surface area contributed by atoms with Gasteiger partial charge >= 0.3 is 5.97 Å². The van der Waals surface area contributed by atoms with E-state index in [-0.39, 0.29) is 5.97 Å². The van der Waals surface area contributed by atoms with E-state index in [1.165, 1.54) is 12.7 Å². The van der Waals surface area contributed by atoms with E-state index in [0.29, 0.717) is 18.9 Å². The van der Waals surface area contributed by atoms with Crippen LogP contribution in [0.5, 0.6) is 0 Å². The molecule has 1 aromatic heterocycles. The number of pyridine rings is 1. The van der Waals surface area contributed by atoms with E-state index in [1.54, 1.807) is 0 Å². The summed E-state index contributed by atoms with van der Waals surface area (Å²) in [7, 11) is 5.39. The molecule has 0 N–H and O–H groups in total. The average Bonchev–Trinajstić information content (AvgIpc) is 2.44. The van der Waals surface area contributed by atoms with Crippen molar-refractivity contribution in [1.29, 1.82) is 0 Å². The van der Waals surface area contributed by atoms with Gasteiger partial charge in [0.15, 0.2) is 0 Å². The molecule has 0 fully saturated rings. The summed E-state index contributed by atoms with van der Waals surface area (Å²) >= 11 is 0. The summed E-state index contributed by atoms with van der Waals surface area (Å²) < 4.78 is 4.72. The second kappa shape index (κ2) is 8.62. The van der Waals surface area contributed by atoms with Gasteiger partial charge < -0.3 is 9.64 Å². The van der Waals surface area contributed by atoms with Crippen LogP contribution in [0, 0.1) is 5.92 Å². The van der Waals surface area contributed by atoms with Crippen LogP contribution in [0.1, 0.15) is 25.8 Å². The van der Waals surface area contributed by atoms with Crippen LogP contribution >= 0.6 is 0 Å². The minimum absolute atomic E-state index is 0.160. The summed E-state index contributed by atoms with van der Waals surface area (Å²) in [6.07, 6.45) is 2.26. The van der Waals surface area contributed by atoms with Gasteiger partial charge in [-0.25, -0.2) is 4.98 Å². The lowest BCUT2D eigenvalue weighted by Crippen LogP contribution is -2.30. The minimum atomic E-state index is -0.160. The fraction of sp³-hybridized carbons (Fsp3) is 0.625. The molecule has 1 heterocycles. The maximum Gasteiger partial charge on any atom is 0.306 e. The molecule has 5 nitrogen and oxygen atoms in total. The highest BCUT2D eigenvalue weighted by Crippen LogP contribution is 2.13. The molecule has 0 unspecified atom stereocenters. The molecule has 0 aromatic carbocycles. The second-order valence-corrected chi connectivity index (χ2v) is 5.87. The molecule has 21 heavy (non-hydrogen) atoms. The number of ether oxygens (including phenoxy) is 1. The Hall–Kier alpha value is -1.62. The topological polar surface area (TPSA) is 45.7 Å². The lowest BCUT2D eigenvalue weighted by molar-refractivity contribution is -0.141. The number of esters is 1. The maximum atomic E-state index is 11.3. The van der Waals surface area contributed by atoms with E-state index >= 15 is 0 Å². The molecule has 0 spiro atoms. The summed E-state index contributed by atoms with van der Waals surface area (Å²) in [4.78, 5) is 19.9. The third kappa shape index (κ3) is 6.58. The lowest BCUT2D eigenvalue weighted by atomic mass is 10.1. The maximum absolute atomic E-state index is 11.3. The fourth-order valence-electron chi connectivity index (χ4n) is 2.16. The zero-order valence-electron chi connectivity index (χ0n) is 13.8. The highest BCUT2D eigenvalue weighted by atomic mass is 16.5. The summed E-state index contributed by atoms with van der Waals surface area (Å²) in [6, 6.07) is 4.12. The van der Waals surface area contributed by atoms with Crippen LogP contribution in [0.2, 0.25) is 0 Å². The van der Waals surface area contributed by atoms with Gasteiger partial charge in [0, 0.05) is 39.9 Å². The number of methoxy groups -OCH3 is 1. The van der Waals surface area contributed by atoms with E-state index in [4.69, 9.17) is 4.74 Å². The van der Waals surface area contributed by atoms with Crippen molar-refractivity contribution in [3.05, 3.63) is 23.9 Å². The first-order valence-electron chi connectivity index (χ1n) is 7.33. The molecule has 0 atom stereocenters. The highest BCUT2D eigenvalue weighted by molar-refractivity contribution is 5.69. The van der Waals surface area contributed by atoms with Gasteiger partial charge in [-0.1, -0.05) is 13.8 Å². The second-order valence-electron chi connectivity index (χ2n) is 5.87. The largest absolute Gasteiger partial charge is 0.469 e. The predicted octanol–water partition coefficient (Wildman–Crippen LogP) is 2.17. The first-order valence-corrected chi connectivity index (χ1v) is 7.33. The van der Waals surface area contributed by atoms with E-state index < -0.39 is 0 Å². The first-order chi connectivity index (χ1) is 9.92. The molecule has 118 valence electrons. The van der Waals surface area contributed by atoms with Crippen molar-refractivity contribution >= 4 is 11.8 Å². The molecule has 1 aromatic rings. The molecule has 1 rings (SSSR count). The normalized spacial score (nSPS) is 11.0. The quantitative estimate of drug-likeness (QED) is 0.687. The Labute approximate surface area is 127 Å². The smallest absolute Gasteiger partial charge is 0.306 e. The molecule has 0 saturated carbocycles. The van der Waals surface area contributed by atoms with Gasteiger partial charge in [0.25, 0.3) is 0 Å². The van der Waals surface area contributed by atoms with Crippen molar-refractivity contribution in [1.82, 2.24) is 9.88 Å². The van der Waals surface area contributed by atoms with Crippen LogP contribution in [0.4, 0.5) is 5.82 Å². The van der Waals surface area contributed by atoms with Gasteiger partial charge in [0.05, 0.1) is 13.5 Å². The summed E-state index contributed by atoms with van der Waals surface area (Å²) in [5.41, 5.74) is 1.21. The third-order valence-electron chi connectivity index (χ3n) is 3.16. The van der Waals surface area contributed by atoms with Crippen molar-refractivity contribution in [2.45, 2.75) is 26.8 Å². The summed E-state index contributed by atoms with van der Waals surface area (Å²) in [5, 5.41) is 0. The van der Waals surface area contributed by atoms with E-state index in [0.717, 1.165) is 18.9 Å². The zero-order chi connectivity index (χ0) is 15.8. The van der Waals surface area contributed by atoms with Crippen LogP contribution in [0.15, 0.2) is 18.3 Å². The average molecular weight is 293 g/mol. The molecule has 0 saturated heterocycles. The van der Waals surface area contributed by atoms with E-state index in [9.17, 15) is 4.79 Å². The minimum Gasteiger partial charge on any atom is -0.469 e. The standard InChI is InChI=1S/C16H27N3O2/c1-13(2)11-19(9-7-16(20)21-5)12-14-6-8-17-15(10-14)18(3)4/h6,8,10,13H,7,9,11-12H2,1-5H3. The Morgan fingerprint density at radius 2 is 2.10 bits per heavy atom. The van der Waals surface area contributed by atoms with Gasteiger partial charge in [-0.15, -0.1) is 0 Å². The fourth-order valence-corrected chi connectivity index (χ4v) is 2.16. The van der Waals surface area contributed by atoms with Crippen molar-refractivity contribution in [2.75, 3.05) is 39.2 Å². The Morgan fingerprint density at radius 1 is 1.38 bits per heavy atom. The number of aromatic nitrogens is 1. The number of rotatable bonds is 8. The van der Waals surface area contributed by atoms with Crippen molar-refractivity contribution in [2.24, 2.45) is 5.92 Å². The van der Waals surface area contributed by atoms with Crippen LogP contribution in [0.3, 0.4) is 0 Å². The predicted molar refractivity (Wildman–Crippen MR) is 85.3 cm³/mol. The lowest BCUT2D eigenvalue weighted by Gasteiger charge is -2.24. The molecular formula is C16H27N3O2. The number of carbonyl (C=O) groups excluding carboxylic acids is 1. The van der Waals surface area contributed by atoms with E-state index in [1.807, 2.05) is 31.3 Å². The van der Waals surface area contributed by atoms with Crippen LogP contribution in [-0.4, -0.2) is 50.1 Å². The number of carbonyl (C=O) groups is 1. The number of hydrogen-bond donors (Lipinski definition) is 0. The Bertz CT molecular complexity index is 447. The van der Waals surface area contributed by atoms with Gasteiger partial charge in [0.2, 0.25) is 0 Å². The Balaban J connectivity index is 2.70. The molecule has 0 bridgehead atoms. The highest BCUT2D eigenvalue weighted by Gasteiger charge is 2.11. The molecular weight excluding hydrogens is 266 g/mol. The van der Waals surface area contributed by atoms with Crippen molar-refractivity contribution in [3.8, 4) is 0 Å². The Morgan fingerprint density at radius 3 is 2.67 bits per heavy atom. The molecule has 0 aliphatic heterocycles. The van der Waals surface area contributed by atoms with Gasteiger partial charge in [-0.3, -0.25) is 9.69 Å². The molecule has 0 amide bonds. The molecule has 5 heteroatoms. The number of nitrogens with zero attached hydrogens (tertiary/aromatic N) is 3.